The molecule has 0 fully saturated rings. The molecule has 86 valence electrons. The summed E-state index contributed by atoms with van der Waals surface area (Å²) in [6.45, 7) is 9.65. The molecule has 2 heteroatoms. The van der Waals surface area contributed by atoms with E-state index in [0.29, 0.717) is 5.70 Å². The summed E-state index contributed by atoms with van der Waals surface area (Å²) in [5.74, 6) is -0.0837. The Bertz CT molecular complexity index is 508. The third kappa shape index (κ3) is 1.94. The van der Waals surface area contributed by atoms with Gasteiger partial charge in [0.1, 0.15) is 0 Å². The zero-order chi connectivity index (χ0) is 12.4. The van der Waals surface area contributed by atoms with E-state index in [1.807, 2.05) is 12.1 Å². The highest BCUT2D eigenvalue weighted by molar-refractivity contribution is 6.07. The SMILES string of the molecule is C=CN1C(=C)C(c2ccc(CC)cc2)=CC1=O. The lowest BCUT2D eigenvalue weighted by molar-refractivity contribution is -0.121. The Morgan fingerprint density at radius 2 is 1.94 bits per heavy atom. The van der Waals surface area contributed by atoms with Crippen molar-refractivity contribution in [2.24, 2.45) is 0 Å². The average molecular weight is 225 g/mol. The molecule has 0 N–H and O–H groups in total. The zero-order valence-corrected chi connectivity index (χ0v) is 9.94. The molecule has 0 saturated carbocycles. The van der Waals surface area contributed by atoms with Crippen LogP contribution in [0.15, 0.2) is 55.4 Å². The zero-order valence-electron chi connectivity index (χ0n) is 9.94. The molecule has 1 aromatic rings. The summed E-state index contributed by atoms with van der Waals surface area (Å²) in [4.78, 5) is 13.1. The van der Waals surface area contributed by atoms with Crippen LogP contribution >= 0.6 is 0 Å². The number of amides is 1. The number of hydrogen-bond donors (Lipinski definition) is 0. The number of allylic oxidation sites excluding steroid dienone is 1. The van der Waals surface area contributed by atoms with Crippen LogP contribution < -0.4 is 0 Å². The predicted octanol–water partition coefficient (Wildman–Crippen LogP) is 3.13. The minimum atomic E-state index is -0.0837. The van der Waals surface area contributed by atoms with Crippen molar-refractivity contribution in [3.8, 4) is 0 Å². The first-order valence-electron chi connectivity index (χ1n) is 5.63. The molecule has 0 radical (unpaired) electrons. The van der Waals surface area contributed by atoms with Crippen molar-refractivity contribution in [3.05, 3.63) is 66.5 Å². The third-order valence-corrected chi connectivity index (χ3v) is 2.96. The van der Waals surface area contributed by atoms with Gasteiger partial charge in [-0.05, 0) is 17.5 Å². The smallest absolute Gasteiger partial charge is 0.255 e. The van der Waals surface area contributed by atoms with E-state index in [1.165, 1.54) is 16.7 Å². The van der Waals surface area contributed by atoms with Gasteiger partial charge in [0, 0.05) is 23.5 Å². The van der Waals surface area contributed by atoms with E-state index in [1.54, 1.807) is 6.08 Å². The monoisotopic (exact) mass is 225 g/mol. The summed E-state index contributed by atoms with van der Waals surface area (Å²) in [6, 6.07) is 8.19. The second-order valence-corrected chi connectivity index (χ2v) is 3.95. The molecule has 1 aromatic carbocycles. The lowest BCUT2D eigenvalue weighted by Crippen LogP contribution is -2.16. The number of hydrogen-bond acceptors (Lipinski definition) is 1. The first kappa shape index (κ1) is 11.4. The molecule has 17 heavy (non-hydrogen) atoms. The van der Waals surface area contributed by atoms with Crippen LogP contribution in [0.3, 0.4) is 0 Å². The van der Waals surface area contributed by atoms with Gasteiger partial charge in [-0.1, -0.05) is 44.3 Å². The van der Waals surface area contributed by atoms with Gasteiger partial charge in [0.15, 0.2) is 0 Å². The highest BCUT2D eigenvalue weighted by Gasteiger charge is 2.24. The molecule has 2 rings (SSSR count). The number of carbonyl (C=O) groups excluding carboxylic acids is 1. The molecule has 1 amide bonds. The second kappa shape index (κ2) is 4.42. The van der Waals surface area contributed by atoms with E-state index in [-0.39, 0.29) is 5.91 Å². The van der Waals surface area contributed by atoms with Crippen LogP contribution in [0.2, 0.25) is 0 Å². The van der Waals surface area contributed by atoms with Gasteiger partial charge < -0.3 is 0 Å². The van der Waals surface area contributed by atoms with Gasteiger partial charge >= 0.3 is 0 Å². The summed E-state index contributed by atoms with van der Waals surface area (Å²) < 4.78 is 0. The van der Waals surface area contributed by atoms with Crippen LogP contribution in [0.1, 0.15) is 18.1 Å². The highest BCUT2D eigenvalue weighted by Crippen LogP contribution is 2.30. The maximum atomic E-state index is 11.6. The largest absolute Gasteiger partial charge is 0.285 e. The number of carbonyl (C=O) groups is 1. The molecule has 0 unspecified atom stereocenters. The van der Waals surface area contributed by atoms with Gasteiger partial charge in [-0.3, -0.25) is 9.69 Å². The lowest BCUT2D eigenvalue weighted by atomic mass is 10.0. The Hall–Kier alpha value is -2.09. The lowest BCUT2D eigenvalue weighted by Gasteiger charge is -2.13. The molecular formula is C15H15NO. The molecule has 1 aliphatic heterocycles. The topological polar surface area (TPSA) is 20.3 Å². The molecule has 2 nitrogen and oxygen atoms in total. The van der Waals surface area contributed by atoms with Gasteiger partial charge in [0.2, 0.25) is 0 Å². The van der Waals surface area contributed by atoms with Crippen molar-refractivity contribution < 1.29 is 4.79 Å². The molecule has 0 saturated heterocycles. The standard InChI is InChI=1S/C15H15NO/c1-4-12-6-8-13(9-7-12)14-10-15(17)16(5-2)11(14)3/h5-10H,2-4H2,1H3. The normalized spacial score (nSPS) is 15.1. The summed E-state index contributed by atoms with van der Waals surface area (Å²) in [6.07, 6.45) is 4.11. The Morgan fingerprint density at radius 3 is 2.41 bits per heavy atom. The highest BCUT2D eigenvalue weighted by atomic mass is 16.2. The summed E-state index contributed by atoms with van der Waals surface area (Å²) in [7, 11) is 0. The van der Waals surface area contributed by atoms with Crippen LogP contribution in [-0.2, 0) is 11.2 Å². The fourth-order valence-corrected chi connectivity index (χ4v) is 1.91. The second-order valence-electron chi connectivity index (χ2n) is 3.95. The van der Waals surface area contributed by atoms with Crippen molar-refractivity contribution in [2.45, 2.75) is 13.3 Å². The van der Waals surface area contributed by atoms with Crippen molar-refractivity contribution in [3.63, 3.8) is 0 Å². The van der Waals surface area contributed by atoms with Crippen LogP contribution in [0.4, 0.5) is 0 Å². The Kier molecular flexibility index (Phi) is 2.96. The van der Waals surface area contributed by atoms with Gasteiger partial charge in [-0.15, -0.1) is 0 Å². The van der Waals surface area contributed by atoms with Crippen LogP contribution in [0.25, 0.3) is 5.57 Å². The molecule has 0 spiro atoms. The summed E-state index contributed by atoms with van der Waals surface area (Å²) >= 11 is 0. The summed E-state index contributed by atoms with van der Waals surface area (Å²) in [5.41, 5.74) is 3.86. The van der Waals surface area contributed by atoms with E-state index in [0.717, 1.165) is 17.6 Å². The number of aryl methyl sites for hydroxylation is 1. The van der Waals surface area contributed by atoms with Gasteiger partial charge in [0.25, 0.3) is 5.91 Å². The first-order chi connectivity index (χ1) is 8.17. The fraction of sp³-hybridized carbons (Fsp3) is 0.133. The van der Waals surface area contributed by atoms with E-state index in [9.17, 15) is 4.79 Å². The minimum Gasteiger partial charge on any atom is -0.285 e. The van der Waals surface area contributed by atoms with E-state index in [4.69, 9.17) is 0 Å². The third-order valence-electron chi connectivity index (χ3n) is 2.96. The number of benzene rings is 1. The number of nitrogens with zero attached hydrogens (tertiary/aromatic N) is 1. The fourth-order valence-electron chi connectivity index (χ4n) is 1.91. The first-order valence-corrected chi connectivity index (χ1v) is 5.63. The van der Waals surface area contributed by atoms with Crippen molar-refractivity contribution in [2.75, 3.05) is 0 Å². The van der Waals surface area contributed by atoms with Crippen molar-refractivity contribution in [1.29, 1.82) is 0 Å². The van der Waals surface area contributed by atoms with E-state index in [2.05, 4.69) is 32.2 Å². The number of rotatable bonds is 3. The average Bonchev–Trinajstić information content (AvgIpc) is 2.64. The Balaban J connectivity index is 2.35. The summed E-state index contributed by atoms with van der Waals surface area (Å²) in [5, 5.41) is 0. The predicted molar refractivity (Wildman–Crippen MR) is 70.0 cm³/mol. The van der Waals surface area contributed by atoms with Crippen LogP contribution in [0.5, 0.6) is 0 Å². The van der Waals surface area contributed by atoms with Crippen molar-refractivity contribution >= 4 is 11.5 Å². The molecule has 0 aromatic heterocycles. The van der Waals surface area contributed by atoms with Gasteiger partial charge in [-0.25, -0.2) is 0 Å². The van der Waals surface area contributed by atoms with Gasteiger partial charge in [-0.2, -0.15) is 0 Å². The van der Waals surface area contributed by atoms with Gasteiger partial charge in [0.05, 0.1) is 0 Å². The molecule has 0 bridgehead atoms. The minimum absolute atomic E-state index is 0.0837. The quantitative estimate of drug-likeness (QED) is 0.774. The molecular weight excluding hydrogens is 210 g/mol. The molecule has 1 heterocycles. The van der Waals surface area contributed by atoms with Crippen molar-refractivity contribution in [1.82, 2.24) is 4.90 Å². The van der Waals surface area contributed by atoms with Crippen LogP contribution in [0, 0.1) is 0 Å². The maximum Gasteiger partial charge on any atom is 0.255 e. The maximum absolute atomic E-state index is 11.6. The molecule has 0 atom stereocenters. The van der Waals surface area contributed by atoms with E-state index >= 15 is 0 Å². The molecule has 1 aliphatic rings. The van der Waals surface area contributed by atoms with E-state index < -0.39 is 0 Å². The molecule has 0 aliphatic carbocycles. The Labute approximate surface area is 102 Å². The Morgan fingerprint density at radius 1 is 1.29 bits per heavy atom. The van der Waals surface area contributed by atoms with Crippen LogP contribution in [-0.4, -0.2) is 10.8 Å².